The largest absolute Gasteiger partial charge is 0.394 e. The van der Waals surface area contributed by atoms with Crippen LogP contribution >= 0.6 is 0 Å². The van der Waals surface area contributed by atoms with Gasteiger partial charge in [-0.05, 0) is 35.7 Å². The summed E-state index contributed by atoms with van der Waals surface area (Å²) in [7, 11) is 0. The van der Waals surface area contributed by atoms with Crippen LogP contribution in [0.15, 0.2) is 85.1 Å². The molecule has 0 aliphatic heterocycles. The standard InChI is InChI=1S/C24H22N4O2/c29-16-19(14-17-8-3-1-4-9-17)26-24(30)23-20(12-7-13-25-23)22-15-21(27-28-22)18-10-5-2-6-11-18/h1-13,15,19,29H,14,16H2,(H,26,30)(H,27,28)/t19-/m1/s1. The number of nitrogens with zero attached hydrogens (tertiary/aromatic N) is 2. The van der Waals surface area contributed by atoms with E-state index in [1.54, 1.807) is 12.3 Å². The summed E-state index contributed by atoms with van der Waals surface area (Å²) >= 11 is 0. The molecule has 6 nitrogen and oxygen atoms in total. The first-order valence-corrected chi connectivity index (χ1v) is 9.76. The number of carbonyl (C=O) groups is 1. The molecule has 1 amide bonds. The fourth-order valence-corrected chi connectivity index (χ4v) is 3.33. The van der Waals surface area contributed by atoms with Crippen LogP contribution in [-0.4, -0.2) is 38.8 Å². The van der Waals surface area contributed by atoms with E-state index in [4.69, 9.17) is 0 Å². The summed E-state index contributed by atoms with van der Waals surface area (Å²) in [5, 5.41) is 20.0. The van der Waals surface area contributed by atoms with Gasteiger partial charge in [-0.2, -0.15) is 5.10 Å². The third-order valence-corrected chi connectivity index (χ3v) is 4.84. The fraction of sp³-hybridized carbons (Fsp3) is 0.125. The predicted molar refractivity (Wildman–Crippen MR) is 116 cm³/mol. The van der Waals surface area contributed by atoms with Crippen molar-refractivity contribution >= 4 is 5.91 Å². The highest BCUT2D eigenvalue weighted by Crippen LogP contribution is 2.25. The molecule has 0 radical (unpaired) electrons. The number of aliphatic hydroxyl groups excluding tert-OH is 1. The Labute approximate surface area is 174 Å². The number of aromatic amines is 1. The molecular weight excluding hydrogens is 376 g/mol. The molecule has 0 spiro atoms. The topological polar surface area (TPSA) is 90.9 Å². The number of amides is 1. The second-order valence-corrected chi connectivity index (χ2v) is 6.98. The molecule has 2 aromatic heterocycles. The molecule has 3 N–H and O–H groups in total. The van der Waals surface area contributed by atoms with E-state index in [1.165, 1.54) is 0 Å². The minimum absolute atomic E-state index is 0.163. The van der Waals surface area contributed by atoms with Gasteiger partial charge in [-0.25, -0.2) is 0 Å². The van der Waals surface area contributed by atoms with Gasteiger partial charge in [0, 0.05) is 11.8 Å². The van der Waals surface area contributed by atoms with Crippen LogP contribution in [0, 0.1) is 0 Å². The highest BCUT2D eigenvalue weighted by atomic mass is 16.3. The number of carbonyl (C=O) groups excluding carboxylic acids is 1. The maximum absolute atomic E-state index is 13.0. The fourth-order valence-electron chi connectivity index (χ4n) is 3.33. The molecule has 1 atom stereocenters. The van der Waals surface area contributed by atoms with Crippen LogP contribution in [0.1, 0.15) is 16.1 Å². The highest BCUT2D eigenvalue weighted by Gasteiger charge is 2.20. The number of aliphatic hydroxyl groups is 1. The first-order valence-electron chi connectivity index (χ1n) is 9.76. The van der Waals surface area contributed by atoms with Crippen LogP contribution in [0.4, 0.5) is 0 Å². The molecule has 0 fully saturated rings. The van der Waals surface area contributed by atoms with Crippen molar-refractivity contribution in [3.63, 3.8) is 0 Å². The van der Waals surface area contributed by atoms with Crippen molar-refractivity contribution in [2.45, 2.75) is 12.5 Å². The lowest BCUT2D eigenvalue weighted by molar-refractivity contribution is 0.0912. The van der Waals surface area contributed by atoms with Crippen LogP contribution in [-0.2, 0) is 6.42 Å². The summed E-state index contributed by atoms with van der Waals surface area (Å²) in [5.41, 5.74) is 4.45. The number of benzene rings is 2. The van der Waals surface area contributed by atoms with Crippen molar-refractivity contribution in [3.05, 3.63) is 96.3 Å². The molecule has 4 rings (SSSR count). The minimum Gasteiger partial charge on any atom is -0.394 e. The van der Waals surface area contributed by atoms with Gasteiger partial charge in [-0.3, -0.25) is 14.9 Å². The molecule has 0 saturated carbocycles. The Morgan fingerprint density at radius 3 is 2.47 bits per heavy atom. The first kappa shape index (κ1) is 19.5. The molecule has 0 bridgehead atoms. The second kappa shape index (κ2) is 9.15. The molecule has 4 aromatic rings. The second-order valence-electron chi connectivity index (χ2n) is 6.98. The van der Waals surface area contributed by atoms with Crippen molar-refractivity contribution in [1.82, 2.24) is 20.5 Å². The summed E-state index contributed by atoms with van der Waals surface area (Å²) in [6.07, 6.45) is 2.11. The first-order chi connectivity index (χ1) is 14.7. The third kappa shape index (κ3) is 4.45. The van der Waals surface area contributed by atoms with Crippen LogP contribution in [0.5, 0.6) is 0 Å². The molecule has 150 valence electrons. The summed E-state index contributed by atoms with van der Waals surface area (Å²) in [6.45, 7) is -0.163. The Bertz CT molecular complexity index is 1110. The lowest BCUT2D eigenvalue weighted by Crippen LogP contribution is -2.39. The van der Waals surface area contributed by atoms with Gasteiger partial charge < -0.3 is 10.4 Å². The molecule has 6 heteroatoms. The lowest BCUT2D eigenvalue weighted by atomic mass is 10.0. The SMILES string of the molecule is O=C(N[C@@H](CO)Cc1ccccc1)c1ncccc1-c1cc(-c2ccccc2)[nH]n1. The molecule has 2 aromatic carbocycles. The number of nitrogens with one attached hydrogen (secondary N) is 2. The number of rotatable bonds is 7. The Balaban J connectivity index is 1.56. The van der Waals surface area contributed by atoms with Gasteiger partial charge in [0.25, 0.3) is 5.91 Å². The number of hydrogen-bond acceptors (Lipinski definition) is 4. The zero-order valence-electron chi connectivity index (χ0n) is 16.3. The van der Waals surface area contributed by atoms with Gasteiger partial charge >= 0.3 is 0 Å². The van der Waals surface area contributed by atoms with Gasteiger partial charge in [0.2, 0.25) is 0 Å². The molecular formula is C24H22N4O2. The third-order valence-electron chi connectivity index (χ3n) is 4.84. The Hall–Kier alpha value is -3.77. The maximum Gasteiger partial charge on any atom is 0.270 e. The molecule has 30 heavy (non-hydrogen) atoms. The Kier molecular flexibility index (Phi) is 5.96. The Morgan fingerprint density at radius 2 is 1.73 bits per heavy atom. The van der Waals surface area contributed by atoms with E-state index in [0.29, 0.717) is 17.7 Å². The molecule has 0 aliphatic carbocycles. The van der Waals surface area contributed by atoms with E-state index in [-0.39, 0.29) is 18.2 Å². The van der Waals surface area contributed by atoms with Crippen LogP contribution in [0.25, 0.3) is 22.5 Å². The number of H-pyrrole nitrogens is 1. The zero-order chi connectivity index (χ0) is 20.8. The van der Waals surface area contributed by atoms with E-state index >= 15 is 0 Å². The summed E-state index contributed by atoms with van der Waals surface area (Å²) in [5.74, 6) is -0.343. The zero-order valence-corrected chi connectivity index (χ0v) is 16.3. The van der Waals surface area contributed by atoms with Crippen LogP contribution in [0.2, 0.25) is 0 Å². The smallest absolute Gasteiger partial charge is 0.270 e. The lowest BCUT2D eigenvalue weighted by Gasteiger charge is -2.17. The predicted octanol–water partition coefficient (Wildman–Crippen LogP) is 3.47. The summed E-state index contributed by atoms with van der Waals surface area (Å²) in [6, 6.07) is 24.7. The quantitative estimate of drug-likeness (QED) is 0.445. The van der Waals surface area contributed by atoms with Gasteiger partial charge in [0.1, 0.15) is 5.69 Å². The summed E-state index contributed by atoms with van der Waals surface area (Å²) in [4.78, 5) is 17.2. The molecule has 0 aliphatic rings. The van der Waals surface area contributed by atoms with E-state index in [0.717, 1.165) is 16.8 Å². The normalized spacial score (nSPS) is 11.8. The van der Waals surface area contributed by atoms with Crippen molar-refractivity contribution < 1.29 is 9.90 Å². The average Bonchev–Trinajstić information content (AvgIpc) is 3.30. The minimum atomic E-state index is -0.409. The molecule has 0 unspecified atom stereocenters. The van der Waals surface area contributed by atoms with E-state index in [2.05, 4.69) is 20.5 Å². The van der Waals surface area contributed by atoms with Crippen molar-refractivity contribution in [2.24, 2.45) is 0 Å². The van der Waals surface area contributed by atoms with Gasteiger partial charge in [-0.15, -0.1) is 0 Å². The maximum atomic E-state index is 13.0. The van der Waals surface area contributed by atoms with Gasteiger partial charge in [-0.1, -0.05) is 60.7 Å². The van der Waals surface area contributed by atoms with E-state index < -0.39 is 6.04 Å². The van der Waals surface area contributed by atoms with Gasteiger partial charge in [0.15, 0.2) is 0 Å². The van der Waals surface area contributed by atoms with Gasteiger partial charge in [0.05, 0.1) is 24.0 Å². The molecule has 2 heterocycles. The monoisotopic (exact) mass is 398 g/mol. The van der Waals surface area contributed by atoms with E-state index in [9.17, 15) is 9.90 Å². The van der Waals surface area contributed by atoms with Crippen molar-refractivity contribution in [2.75, 3.05) is 6.61 Å². The molecule has 0 saturated heterocycles. The van der Waals surface area contributed by atoms with E-state index in [1.807, 2.05) is 72.8 Å². The Morgan fingerprint density at radius 1 is 1.00 bits per heavy atom. The van der Waals surface area contributed by atoms with Crippen molar-refractivity contribution in [1.29, 1.82) is 0 Å². The highest BCUT2D eigenvalue weighted by molar-refractivity contribution is 5.98. The number of hydrogen-bond donors (Lipinski definition) is 3. The number of aromatic nitrogens is 3. The number of pyridine rings is 1. The van der Waals surface area contributed by atoms with Crippen LogP contribution in [0.3, 0.4) is 0 Å². The van der Waals surface area contributed by atoms with Crippen molar-refractivity contribution in [3.8, 4) is 22.5 Å². The summed E-state index contributed by atoms with van der Waals surface area (Å²) < 4.78 is 0. The van der Waals surface area contributed by atoms with Crippen LogP contribution < -0.4 is 5.32 Å². The average molecular weight is 398 g/mol.